The molecule has 0 radical (unpaired) electrons. The average molecular weight is 382 g/mol. The minimum atomic E-state index is -0.346. The zero-order valence-corrected chi connectivity index (χ0v) is 15.8. The summed E-state index contributed by atoms with van der Waals surface area (Å²) in [5.41, 5.74) is 0.963. The highest BCUT2D eigenvalue weighted by Gasteiger charge is 2.24. The number of ether oxygens (including phenoxy) is 2. The highest BCUT2D eigenvalue weighted by Crippen LogP contribution is 2.20. The lowest BCUT2D eigenvalue weighted by molar-refractivity contribution is 0.0998. The highest BCUT2D eigenvalue weighted by atomic mass is 32.1. The molecule has 27 heavy (non-hydrogen) atoms. The Morgan fingerprint density at radius 3 is 1.44 bits per heavy atom. The smallest absolute Gasteiger partial charge is 0.214 e. The number of benzene rings is 2. The number of nitrogens with zero attached hydrogens (tertiary/aromatic N) is 2. The van der Waals surface area contributed by atoms with Crippen molar-refractivity contribution < 1.29 is 19.1 Å². The molecule has 1 aromatic heterocycles. The van der Waals surface area contributed by atoms with E-state index in [2.05, 4.69) is 8.75 Å². The van der Waals surface area contributed by atoms with Crippen LogP contribution in [-0.2, 0) is 0 Å². The lowest BCUT2D eigenvalue weighted by Gasteiger charge is -2.05. The molecule has 0 bridgehead atoms. The molecule has 3 rings (SSSR count). The van der Waals surface area contributed by atoms with Crippen LogP contribution in [0, 0.1) is 0 Å². The van der Waals surface area contributed by atoms with Crippen molar-refractivity contribution in [2.75, 3.05) is 13.2 Å². The van der Waals surface area contributed by atoms with Gasteiger partial charge in [-0.25, -0.2) is 0 Å². The molecule has 0 saturated heterocycles. The van der Waals surface area contributed by atoms with Crippen molar-refractivity contribution in [3.8, 4) is 11.5 Å². The van der Waals surface area contributed by atoms with E-state index >= 15 is 0 Å². The molecule has 0 aliphatic heterocycles. The summed E-state index contributed by atoms with van der Waals surface area (Å²) in [5, 5.41) is 0. The van der Waals surface area contributed by atoms with Crippen LogP contribution in [0.4, 0.5) is 0 Å². The first-order valence-corrected chi connectivity index (χ1v) is 9.24. The van der Waals surface area contributed by atoms with Gasteiger partial charge in [-0.15, -0.1) is 0 Å². The second kappa shape index (κ2) is 8.55. The molecule has 0 saturated carbocycles. The molecule has 3 aromatic rings. The second-order valence-corrected chi connectivity index (χ2v) is 6.06. The molecule has 0 unspecified atom stereocenters. The van der Waals surface area contributed by atoms with Gasteiger partial charge in [0.05, 0.1) is 24.9 Å². The quantitative estimate of drug-likeness (QED) is 0.552. The zero-order valence-electron chi connectivity index (χ0n) is 15.0. The first-order valence-electron chi connectivity index (χ1n) is 8.51. The van der Waals surface area contributed by atoms with Crippen molar-refractivity contribution in [3.05, 3.63) is 71.0 Å². The molecular weight excluding hydrogens is 364 g/mol. The van der Waals surface area contributed by atoms with E-state index in [0.29, 0.717) is 35.8 Å². The summed E-state index contributed by atoms with van der Waals surface area (Å²) in [5.74, 6) is 0.662. The van der Waals surface area contributed by atoms with Crippen LogP contribution >= 0.6 is 11.7 Å². The lowest BCUT2D eigenvalue weighted by atomic mass is 10.0. The molecule has 138 valence electrons. The summed E-state index contributed by atoms with van der Waals surface area (Å²) in [6.07, 6.45) is 0. The maximum atomic E-state index is 12.8. The van der Waals surface area contributed by atoms with Gasteiger partial charge in [-0.3, -0.25) is 9.59 Å². The topological polar surface area (TPSA) is 78.4 Å². The molecule has 0 atom stereocenters. The SMILES string of the molecule is CCOc1ccc(C(=O)c2nsnc2C(=O)c2ccc(OCC)cc2)cc1. The van der Waals surface area contributed by atoms with E-state index in [-0.39, 0.29) is 23.0 Å². The maximum absolute atomic E-state index is 12.8. The van der Waals surface area contributed by atoms with Crippen LogP contribution in [-0.4, -0.2) is 33.5 Å². The van der Waals surface area contributed by atoms with Gasteiger partial charge in [0.25, 0.3) is 0 Å². The summed E-state index contributed by atoms with van der Waals surface area (Å²) in [6.45, 7) is 4.87. The van der Waals surface area contributed by atoms with E-state index in [0.717, 1.165) is 11.7 Å². The molecule has 2 aromatic carbocycles. The molecule has 0 N–H and O–H groups in total. The van der Waals surface area contributed by atoms with Crippen LogP contribution in [0.1, 0.15) is 46.0 Å². The van der Waals surface area contributed by atoms with Gasteiger partial charge in [-0.1, -0.05) is 0 Å². The Balaban J connectivity index is 1.84. The zero-order chi connectivity index (χ0) is 19.2. The monoisotopic (exact) mass is 382 g/mol. The molecular formula is C20H18N2O4S. The molecule has 0 aliphatic carbocycles. The van der Waals surface area contributed by atoms with Crippen molar-refractivity contribution in [3.63, 3.8) is 0 Å². The summed E-state index contributed by atoms with van der Waals surface area (Å²) in [7, 11) is 0. The second-order valence-electron chi connectivity index (χ2n) is 5.53. The molecule has 7 heteroatoms. The van der Waals surface area contributed by atoms with Crippen LogP contribution in [0.5, 0.6) is 11.5 Å². The van der Waals surface area contributed by atoms with E-state index in [9.17, 15) is 9.59 Å². The Labute approximate surface area is 161 Å². The third-order valence-electron chi connectivity index (χ3n) is 3.77. The van der Waals surface area contributed by atoms with Crippen LogP contribution < -0.4 is 9.47 Å². The van der Waals surface area contributed by atoms with Crippen molar-refractivity contribution in [1.82, 2.24) is 8.75 Å². The minimum absolute atomic E-state index is 0.0584. The highest BCUT2D eigenvalue weighted by molar-refractivity contribution is 6.99. The molecule has 1 heterocycles. The predicted octanol–water partition coefficient (Wildman–Crippen LogP) is 3.80. The number of carbonyl (C=O) groups is 2. The largest absolute Gasteiger partial charge is 0.494 e. The number of ketones is 2. The molecule has 0 fully saturated rings. The number of hydrogen-bond acceptors (Lipinski definition) is 7. The Hall–Kier alpha value is -3.06. The van der Waals surface area contributed by atoms with Crippen LogP contribution in [0.3, 0.4) is 0 Å². The fourth-order valence-corrected chi connectivity index (χ4v) is 3.04. The van der Waals surface area contributed by atoms with Gasteiger partial charge >= 0.3 is 0 Å². The summed E-state index contributed by atoms with van der Waals surface area (Å²) in [4.78, 5) is 25.5. The molecule has 0 spiro atoms. The van der Waals surface area contributed by atoms with Crippen LogP contribution in [0.15, 0.2) is 48.5 Å². The van der Waals surface area contributed by atoms with E-state index in [1.54, 1.807) is 48.5 Å². The minimum Gasteiger partial charge on any atom is -0.494 e. The summed E-state index contributed by atoms with van der Waals surface area (Å²) in [6, 6.07) is 13.5. The normalized spacial score (nSPS) is 10.4. The standard InChI is InChI=1S/C20H18N2O4S/c1-3-25-15-9-5-13(6-10-15)19(23)17-18(22-27-21-17)20(24)14-7-11-16(12-8-14)26-4-2/h5-12H,3-4H2,1-2H3. The third-order valence-corrected chi connectivity index (χ3v) is 4.30. The van der Waals surface area contributed by atoms with Crippen molar-refractivity contribution >= 4 is 23.3 Å². The van der Waals surface area contributed by atoms with Crippen LogP contribution in [0.25, 0.3) is 0 Å². The van der Waals surface area contributed by atoms with E-state index in [4.69, 9.17) is 9.47 Å². The predicted molar refractivity (Wildman–Crippen MR) is 102 cm³/mol. The Kier molecular flexibility index (Phi) is 5.93. The van der Waals surface area contributed by atoms with Gasteiger partial charge in [-0.05, 0) is 62.4 Å². The maximum Gasteiger partial charge on any atom is 0.214 e. The summed E-state index contributed by atoms with van der Waals surface area (Å²) >= 11 is 0.844. The van der Waals surface area contributed by atoms with Gasteiger partial charge in [0.1, 0.15) is 11.5 Å². The van der Waals surface area contributed by atoms with Gasteiger partial charge in [0, 0.05) is 11.1 Å². The van der Waals surface area contributed by atoms with Gasteiger partial charge in [-0.2, -0.15) is 8.75 Å². The van der Waals surface area contributed by atoms with E-state index in [1.807, 2.05) is 13.8 Å². The Morgan fingerprint density at radius 2 is 1.11 bits per heavy atom. The van der Waals surface area contributed by atoms with Crippen molar-refractivity contribution in [1.29, 1.82) is 0 Å². The average Bonchev–Trinajstić information content (AvgIpc) is 3.18. The number of rotatable bonds is 8. The van der Waals surface area contributed by atoms with Gasteiger partial charge in [0.2, 0.25) is 11.6 Å². The molecule has 0 amide bonds. The fourth-order valence-electron chi connectivity index (χ4n) is 2.50. The van der Waals surface area contributed by atoms with Crippen molar-refractivity contribution in [2.45, 2.75) is 13.8 Å². The molecule has 6 nitrogen and oxygen atoms in total. The Bertz CT molecular complexity index is 857. The number of carbonyl (C=O) groups excluding carboxylic acids is 2. The summed E-state index contributed by atoms with van der Waals surface area (Å²) < 4.78 is 18.9. The first kappa shape index (κ1) is 18.7. The molecule has 0 aliphatic rings. The number of aromatic nitrogens is 2. The van der Waals surface area contributed by atoms with Gasteiger partial charge < -0.3 is 9.47 Å². The first-order chi connectivity index (χ1) is 13.1. The van der Waals surface area contributed by atoms with Gasteiger partial charge in [0.15, 0.2) is 11.4 Å². The number of hydrogen-bond donors (Lipinski definition) is 0. The third kappa shape index (κ3) is 4.20. The van der Waals surface area contributed by atoms with Crippen LogP contribution in [0.2, 0.25) is 0 Å². The van der Waals surface area contributed by atoms with Crippen molar-refractivity contribution in [2.24, 2.45) is 0 Å². The fraction of sp³-hybridized carbons (Fsp3) is 0.200. The lowest BCUT2D eigenvalue weighted by Crippen LogP contribution is -2.11. The van der Waals surface area contributed by atoms with E-state index < -0.39 is 0 Å². The Morgan fingerprint density at radius 1 is 0.741 bits per heavy atom. The van der Waals surface area contributed by atoms with E-state index in [1.165, 1.54) is 0 Å².